The zero-order valence-corrected chi connectivity index (χ0v) is 14.6. The van der Waals surface area contributed by atoms with Gasteiger partial charge in [0.15, 0.2) is 0 Å². The predicted molar refractivity (Wildman–Crippen MR) is 86.4 cm³/mol. The SMILES string of the molecule is CCOC1CC(CC(NC)c2cc(Br)ccc2Br)C1. The van der Waals surface area contributed by atoms with Crippen LogP contribution in [0.3, 0.4) is 0 Å². The minimum atomic E-state index is 0.402. The van der Waals surface area contributed by atoms with E-state index in [0.717, 1.165) is 17.0 Å². The summed E-state index contributed by atoms with van der Waals surface area (Å²) >= 11 is 7.21. The van der Waals surface area contributed by atoms with E-state index in [0.29, 0.717) is 12.1 Å². The maximum absolute atomic E-state index is 5.63. The second-order valence-corrected chi connectivity index (χ2v) is 6.93. The Bertz CT molecular complexity index is 419. The van der Waals surface area contributed by atoms with Crippen LogP contribution in [-0.2, 0) is 4.74 Å². The van der Waals surface area contributed by atoms with Gasteiger partial charge in [0.2, 0.25) is 0 Å². The van der Waals surface area contributed by atoms with Crippen LogP contribution in [0.25, 0.3) is 0 Å². The molecule has 19 heavy (non-hydrogen) atoms. The molecule has 0 aliphatic heterocycles. The second-order valence-electron chi connectivity index (χ2n) is 5.16. The zero-order valence-electron chi connectivity index (χ0n) is 11.5. The van der Waals surface area contributed by atoms with Gasteiger partial charge < -0.3 is 10.1 Å². The Hall–Kier alpha value is 0.1000. The van der Waals surface area contributed by atoms with Gasteiger partial charge in [-0.1, -0.05) is 31.9 Å². The molecule has 1 aromatic carbocycles. The molecule has 1 aromatic rings. The summed E-state index contributed by atoms with van der Waals surface area (Å²) in [6, 6.07) is 6.77. The first-order valence-electron chi connectivity index (χ1n) is 6.87. The van der Waals surface area contributed by atoms with Gasteiger partial charge in [0.05, 0.1) is 6.10 Å². The highest BCUT2D eigenvalue weighted by Crippen LogP contribution is 2.38. The van der Waals surface area contributed by atoms with E-state index in [4.69, 9.17) is 4.74 Å². The zero-order chi connectivity index (χ0) is 13.8. The summed E-state index contributed by atoms with van der Waals surface area (Å²) in [6.07, 6.45) is 4.09. The minimum Gasteiger partial charge on any atom is -0.378 e. The van der Waals surface area contributed by atoms with Crippen molar-refractivity contribution in [3.63, 3.8) is 0 Å². The first-order chi connectivity index (χ1) is 9.13. The van der Waals surface area contributed by atoms with E-state index in [9.17, 15) is 0 Å². The normalized spacial score (nSPS) is 24.0. The fourth-order valence-corrected chi connectivity index (χ4v) is 3.66. The molecule has 2 rings (SSSR count). The molecule has 4 heteroatoms. The summed E-state index contributed by atoms with van der Waals surface area (Å²) in [5, 5.41) is 3.44. The molecular weight excluding hydrogens is 370 g/mol. The number of benzene rings is 1. The molecule has 0 aromatic heterocycles. The van der Waals surface area contributed by atoms with Crippen LogP contribution in [0, 0.1) is 5.92 Å². The fraction of sp³-hybridized carbons (Fsp3) is 0.600. The second kappa shape index (κ2) is 7.21. The van der Waals surface area contributed by atoms with Crippen LogP contribution >= 0.6 is 31.9 Å². The maximum Gasteiger partial charge on any atom is 0.0580 e. The van der Waals surface area contributed by atoms with Crippen LogP contribution in [0.4, 0.5) is 0 Å². The van der Waals surface area contributed by atoms with Gasteiger partial charge in [-0.3, -0.25) is 0 Å². The molecular formula is C15H21Br2NO. The van der Waals surface area contributed by atoms with Gasteiger partial charge in [-0.2, -0.15) is 0 Å². The van der Waals surface area contributed by atoms with Crippen molar-refractivity contribution in [1.29, 1.82) is 0 Å². The van der Waals surface area contributed by atoms with Crippen LogP contribution < -0.4 is 5.32 Å². The van der Waals surface area contributed by atoms with Crippen LogP contribution in [0.1, 0.15) is 37.8 Å². The van der Waals surface area contributed by atoms with E-state index >= 15 is 0 Å². The smallest absolute Gasteiger partial charge is 0.0580 e. The molecule has 0 radical (unpaired) electrons. The largest absolute Gasteiger partial charge is 0.378 e. The van der Waals surface area contributed by atoms with Crippen molar-refractivity contribution in [2.24, 2.45) is 5.92 Å². The highest BCUT2D eigenvalue weighted by molar-refractivity contribution is 9.11. The lowest BCUT2D eigenvalue weighted by Crippen LogP contribution is -2.34. The number of hydrogen-bond donors (Lipinski definition) is 1. The summed E-state index contributed by atoms with van der Waals surface area (Å²) in [4.78, 5) is 0. The number of rotatable bonds is 6. The molecule has 106 valence electrons. The molecule has 1 atom stereocenters. The third-order valence-electron chi connectivity index (χ3n) is 3.85. The van der Waals surface area contributed by atoms with Crippen molar-refractivity contribution in [3.05, 3.63) is 32.7 Å². The summed E-state index contributed by atoms with van der Waals surface area (Å²) in [6.45, 7) is 2.91. The van der Waals surface area contributed by atoms with E-state index < -0.39 is 0 Å². The third-order valence-corrected chi connectivity index (χ3v) is 5.06. The Kier molecular flexibility index (Phi) is 5.87. The molecule has 0 spiro atoms. The number of hydrogen-bond acceptors (Lipinski definition) is 2. The van der Waals surface area contributed by atoms with Gasteiger partial charge in [-0.05, 0) is 62.9 Å². The molecule has 1 N–H and O–H groups in total. The van der Waals surface area contributed by atoms with E-state index in [2.05, 4.69) is 62.3 Å². The molecule has 1 aliphatic rings. The molecule has 1 unspecified atom stereocenters. The highest BCUT2D eigenvalue weighted by atomic mass is 79.9. The summed E-state index contributed by atoms with van der Waals surface area (Å²) < 4.78 is 7.94. The van der Waals surface area contributed by atoms with Crippen LogP contribution in [-0.4, -0.2) is 19.8 Å². The average Bonchev–Trinajstić information content (AvgIpc) is 2.35. The van der Waals surface area contributed by atoms with Crippen molar-refractivity contribution in [1.82, 2.24) is 5.32 Å². The fourth-order valence-electron chi connectivity index (χ4n) is 2.75. The quantitative estimate of drug-likeness (QED) is 0.761. The van der Waals surface area contributed by atoms with Crippen LogP contribution in [0.2, 0.25) is 0 Å². The lowest BCUT2D eigenvalue weighted by Gasteiger charge is -2.37. The van der Waals surface area contributed by atoms with Gasteiger partial charge in [0, 0.05) is 21.6 Å². The highest BCUT2D eigenvalue weighted by Gasteiger charge is 2.31. The summed E-state index contributed by atoms with van der Waals surface area (Å²) in [7, 11) is 2.04. The number of ether oxygens (including phenoxy) is 1. The standard InChI is InChI=1S/C15H21Br2NO/c1-3-19-12-6-10(7-12)8-15(18-2)13-9-11(16)4-5-14(13)17/h4-5,9-10,12,15,18H,3,6-8H2,1-2H3. The van der Waals surface area contributed by atoms with Crippen molar-refractivity contribution in [2.45, 2.75) is 38.3 Å². The molecule has 0 bridgehead atoms. The molecule has 0 amide bonds. The maximum atomic E-state index is 5.63. The summed E-state index contributed by atoms with van der Waals surface area (Å²) in [5.74, 6) is 0.778. The first kappa shape index (κ1) is 15.5. The van der Waals surface area contributed by atoms with Crippen LogP contribution in [0.5, 0.6) is 0 Å². The molecule has 1 fully saturated rings. The van der Waals surface area contributed by atoms with E-state index in [-0.39, 0.29) is 0 Å². The third kappa shape index (κ3) is 4.03. The van der Waals surface area contributed by atoms with Gasteiger partial charge in [0.1, 0.15) is 0 Å². The predicted octanol–water partition coefficient (Wildman–Crippen LogP) is 4.68. The van der Waals surface area contributed by atoms with Crippen molar-refractivity contribution < 1.29 is 4.74 Å². The van der Waals surface area contributed by atoms with Gasteiger partial charge in [0.25, 0.3) is 0 Å². The number of nitrogens with one attached hydrogen (secondary N) is 1. The van der Waals surface area contributed by atoms with Crippen molar-refractivity contribution >= 4 is 31.9 Å². The Morgan fingerprint density at radius 2 is 2.11 bits per heavy atom. The van der Waals surface area contributed by atoms with Crippen LogP contribution in [0.15, 0.2) is 27.1 Å². The Balaban J connectivity index is 1.95. The van der Waals surface area contributed by atoms with Crippen molar-refractivity contribution in [3.8, 4) is 0 Å². The van der Waals surface area contributed by atoms with E-state index in [1.807, 2.05) is 7.05 Å². The lowest BCUT2D eigenvalue weighted by molar-refractivity contribution is -0.0289. The Morgan fingerprint density at radius 3 is 2.74 bits per heavy atom. The Labute approximate surface area is 132 Å². The molecule has 1 saturated carbocycles. The van der Waals surface area contributed by atoms with Crippen molar-refractivity contribution in [2.75, 3.05) is 13.7 Å². The summed E-state index contributed by atoms with van der Waals surface area (Å²) in [5.41, 5.74) is 1.33. The monoisotopic (exact) mass is 389 g/mol. The molecule has 1 aliphatic carbocycles. The minimum absolute atomic E-state index is 0.402. The van der Waals surface area contributed by atoms with Gasteiger partial charge >= 0.3 is 0 Å². The molecule has 0 saturated heterocycles. The van der Waals surface area contributed by atoms with E-state index in [1.54, 1.807) is 0 Å². The first-order valence-corrected chi connectivity index (χ1v) is 8.46. The Morgan fingerprint density at radius 1 is 1.37 bits per heavy atom. The molecule has 0 heterocycles. The van der Waals surface area contributed by atoms with Gasteiger partial charge in [-0.25, -0.2) is 0 Å². The lowest BCUT2D eigenvalue weighted by atomic mass is 9.77. The average molecular weight is 391 g/mol. The van der Waals surface area contributed by atoms with Gasteiger partial charge in [-0.15, -0.1) is 0 Å². The van der Waals surface area contributed by atoms with E-state index in [1.165, 1.54) is 29.3 Å². The topological polar surface area (TPSA) is 21.3 Å². The molecule has 2 nitrogen and oxygen atoms in total. The number of halogens is 2.